The molecule has 16 heavy (non-hydrogen) atoms. The lowest BCUT2D eigenvalue weighted by Crippen LogP contribution is -2.24. The molecule has 86 valence electrons. The van der Waals surface area contributed by atoms with Crippen LogP contribution in [0.15, 0.2) is 18.2 Å². The van der Waals surface area contributed by atoms with Crippen LogP contribution in [0.1, 0.15) is 34.3 Å². The van der Waals surface area contributed by atoms with Gasteiger partial charge in [-0.05, 0) is 32.3 Å². The molecular formula is C14H18O2. The maximum absolute atomic E-state index is 12.3. The van der Waals surface area contributed by atoms with Crippen LogP contribution in [0, 0.1) is 19.8 Å². The lowest BCUT2D eigenvalue weighted by molar-refractivity contribution is 0.0544. The van der Waals surface area contributed by atoms with Crippen LogP contribution in [-0.4, -0.2) is 19.0 Å². The molecule has 1 aliphatic heterocycles. The molecule has 0 unspecified atom stereocenters. The van der Waals surface area contributed by atoms with Gasteiger partial charge < -0.3 is 4.74 Å². The first-order valence-corrected chi connectivity index (χ1v) is 5.87. The van der Waals surface area contributed by atoms with E-state index in [9.17, 15) is 4.79 Å². The molecule has 1 aromatic carbocycles. The fourth-order valence-corrected chi connectivity index (χ4v) is 2.27. The average molecular weight is 218 g/mol. The Hall–Kier alpha value is -1.15. The van der Waals surface area contributed by atoms with Crippen LogP contribution in [0.2, 0.25) is 0 Å². The molecule has 0 N–H and O–H groups in total. The zero-order valence-corrected chi connectivity index (χ0v) is 9.95. The number of hydrogen-bond acceptors (Lipinski definition) is 2. The highest BCUT2D eigenvalue weighted by Gasteiger charge is 2.23. The van der Waals surface area contributed by atoms with Crippen LogP contribution >= 0.6 is 0 Å². The van der Waals surface area contributed by atoms with E-state index in [1.165, 1.54) is 5.56 Å². The second kappa shape index (κ2) is 4.79. The van der Waals surface area contributed by atoms with Gasteiger partial charge in [-0.1, -0.05) is 23.8 Å². The predicted molar refractivity (Wildman–Crippen MR) is 63.8 cm³/mol. The smallest absolute Gasteiger partial charge is 0.166 e. The van der Waals surface area contributed by atoms with Crippen molar-refractivity contribution in [2.24, 2.45) is 5.92 Å². The van der Waals surface area contributed by atoms with E-state index in [2.05, 4.69) is 13.0 Å². The summed E-state index contributed by atoms with van der Waals surface area (Å²) >= 11 is 0. The summed E-state index contributed by atoms with van der Waals surface area (Å²) in [6.45, 7) is 5.51. The van der Waals surface area contributed by atoms with Gasteiger partial charge in [0.05, 0.1) is 0 Å². The second-order valence-corrected chi connectivity index (χ2v) is 4.57. The Bertz CT molecular complexity index is 390. The first kappa shape index (κ1) is 11.3. The van der Waals surface area contributed by atoms with Gasteiger partial charge in [-0.15, -0.1) is 0 Å². The van der Waals surface area contributed by atoms with E-state index in [-0.39, 0.29) is 5.92 Å². The first-order valence-electron chi connectivity index (χ1n) is 5.87. The molecule has 2 rings (SSSR count). The van der Waals surface area contributed by atoms with Crippen LogP contribution in [0.4, 0.5) is 0 Å². The summed E-state index contributed by atoms with van der Waals surface area (Å²) in [5.74, 6) is 0.455. The third-order valence-corrected chi connectivity index (χ3v) is 3.24. The molecular weight excluding hydrogens is 200 g/mol. The van der Waals surface area contributed by atoms with E-state index in [0.29, 0.717) is 5.78 Å². The fraction of sp³-hybridized carbons (Fsp3) is 0.500. The lowest BCUT2D eigenvalue weighted by Gasteiger charge is -2.21. The highest BCUT2D eigenvalue weighted by Crippen LogP contribution is 2.22. The minimum absolute atomic E-state index is 0.162. The quantitative estimate of drug-likeness (QED) is 0.713. The molecule has 0 bridgehead atoms. The van der Waals surface area contributed by atoms with Gasteiger partial charge in [0.15, 0.2) is 5.78 Å². The summed E-state index contributed by atoms with van der Waals surface area (Å²) in [7, 11) is 0. The standard InChI is InChI=1S/C14H18O2/c1-10-3-4-13(11(2)9-10)14(15)12-5-7-16-8-6-12/h3-4,9,12H,5-8H2,1-2H3. The zero-order chi connectivity index (χ0) is 11.5. The molecule has 1 fully saturated rings. The van der Waals surface area contributed by atoms with Gasteiger partial charge in [-0.25, -0.2) is 0 Å². The highest BCUT2D eigenvalue weighted by atomic mass is 16.5. The molecule has 1 saturated heterocycles. The molecule has 2 heteroatoms. The van der Waals surface area contributed by atoms with Crippen molar-refractivity contribution >= 4 is 5.78 Å². The molecule has 1 heterocycles. The number of benzene rings is 1. The molecule has 0 radical (unpaired) electrons. The van der Waals surface area contributed by atoms with Crippen LogP contribution in [0.5, 0.6) is 0 Å². The van der Waals surface area contributed by atoms with E-state index in [0.717, 1.165) is 37.2 Å². The monoisotopic (exact) mass is 218 g/mol. The van der Waals surface area contributed by atoms with Gasteiger partial charge in [0.25, 0.3) is 0 Å². The van der Waals surface area contributed by atoms with E-state index in [1.54, 1.807) is 0 Å². The van der Waals surface area contributed by atoms with Gasteiger partial charge in [0, 0.05) is 24.7 Å². The number of hydrogen-bond donors (Lipinski definition) is 0. The van der Waals surface area contributed by atoms with Gasteiger partial charge in [0.1, 0.15) is 0 Å². The van der Waals surface area contributed by atoms with Gasteiger partial charge in [-0.3, -0.25) is 4.79 Å². The van der Waals surface area contributed by atoms with Crippen LogP contribution < -0.4 is 0 Å². The minimum atomic E-state index is 0.162. The molecule has 1 aromatic rings. The van der Waals surface area contributed by atoms with Crippen molar-refractivity contribution in [1.29, 1.82) is 0 Å². The summed E-state index contributed by atoms with van der Waals surface area (Å²) < 4.78 is 5.28. The Labute approximate surface area is 96.6 Å². The van der Waals surface area contributed by atoms with Crippen LogP contribution in [0.25, 0.3) is 0 Å². The molecule has 0 aromatic heterocycles. The highest BCUT2D eigenvalue weighted by molar-refractivity contribution is 5.99. The second-order valence-electron chi connectivity index (χ2n) is 4.57. The Kier molecular flexibility index (Phi) is 3.39. The SMILES string of the molecule is Cc1ccc(C(=O)C2CCOCC2)c(C)c1. The predicted octanol–water partition coefficient (Wildman–Crippen LogP) is 2.91. The minimum Gasteiger partial charge on any atom is -0.381 e. The number of ether oxygens (including phenoxy) is 1. The Morgan fingerprint density at radius 2 is 1.94 bits per heavy atom. The number of rotatable bonds is 2. The molecule has 0 aliphatic carbocycles. The van der Waals surface area contributed by atoms with Crippen LogP contribution in [-0.2, 0) is 4.74 Å². The number of carbonyl (C=O) groups excluding carboxylic acids is 1. The Balaban J connectivity index is 2.19. The molecule has 0 amide bonds. The van der Waals surface area contributed by atoms with Crippen molar-refractivity contribution in [3.05, 3.63) is 34.9 Å². The maximum Gasteiger partial charge on any atom is 0.166 e. The first-order chi connectivity index (χ1) is 7.68. The number of aryl methyl sites for hydroxylation is 2. The van der Waals surface area contributed by atoms with Gasteiger partial charge in [-0.2, -0.15) is 0 Å². The van der Waals surface area contributed by atoms with E-state index in [4.69, 9.17) is 4.74 Å². The summed E-state index contributed by atoms with van der Waals surface area (Å²) in [4.78, 5) is 12.3. The topological polar surface area (TPSA) is 26.3 Å². The number of ketones is 1. The zero-order valence-electron chi connectivity index (χ0n) is 9.95. The van der Waals surface area contributed by atoms with E-state index >= 15 is 0 Å². The van der Waals surface area contributed by atoms with Crippen molar-refractivity contribution in [1.82, 2.24) is 0 Å². The summed E-state index contributed by atoms with van der Waals surface area (Å²) in [5, 5.41) is 0. The van der Waals surface area contributed by atoms with Gasteiger partial charge >= 0.3 is 0 Å². The summed E-state index contributed by atoms with van der Waals surface area (Å²) in [6, 6.07) is 6.05. The van der Waals surface area contributed by atoms with Crippen LogP contribution in [0.3, 0.4) is 0 Å². The fourth-order valence-electron chi connectivity index (χ4n) is 2.27. The third kappa shape index (κ3) is 2.33. The maximum atomic E-state index is 12.3. The molecule has 0 atom stereocenters. The van der Waals surface area contributed by atoms with Crippen molar-refractivity contribution < 1.29 is 9.53 Å². The Morgan fingerprint density at radius 3 is 2.56 bits per heavy atom. The average Bonchev–Trinajstić information content (AvgIpc) is 2.29. The van der Waals surface area contributed by atoms with Crippen molar-refractivity contribution in [3.8, 4) is 0 Å². The summed E-state index contributed by atoms with van der Waals surface area (Å²) in [5.41, 5.74) is 3.19. The van der Waals surface area contributed by atoms with Crippen molar-refractivity contribution in [2.45, 2.75) is 26.7 Å². The molecule has 2 nitrogen and oxygen atoms in total. The normalized spacial score (nSPS) is 17.4. The number of carbonyl (C=O) groups is 1. The Morgan fingerprint density at radius 1 is 1.25 bits per heavy atom. The van der Waals surface area contributed by atoms with E-state index < -0.39 is 0 Å². The van der Waals surface area contributed by atoms with E-state index in [1.807, 2.05) is 19.1 Å². The molecule has 0 spiro atoms. The summed E-state index contributed by atoms with van der Waals surface area (Å²) in [6.07, 6.45) is 1.73. The molecule has 0 saturated carbocycles. The third-order valence-electron chi connectivity index (χ3n) is 3.24. The van der Waals surface area contributed by atoms with Crippen molar-refractivity contribution in [2.75, 3.05) is 13.2 Å². The number of Topliss-reactive ketones (excluding diaryl/α,β-unsaturated/α-hetero) is 1. The lowest BCUT2D eigenvalue weighted by atomic mass is 9.88. The van der Waals surface area contributed by atoms with Gasteiger partial charge in [0.2, 0.25) is 0 Å². The molecule has 1 aliphatic rings. The largest absolute Gasteiger partial charge is 0.381 e. The van der Waals surface area contributed by atoms with Crippen molar-refractivity contribution in [3.63, 3.8) is 0 Å².